The largest absolute Gasteiger partial charge is 0.342 e. The van der Waals surface area contributed by atoms with Crippen LogP contribution in [0.5, 0.6) is 0 Å². The molecule has 1 N–H and O–H groups in total. The van der Waals surface area contributed by atoms with E-state index in [2.05, 4.69) is 10.4 Å². The normalized spacial score (nSPS) is 20.8. The summed E-state index contributed by atoms with van der Waals surface area (Å²) in [7, 11) is 1.58. The van der Waals surface area contributed by atoms with Gasteiger partial charge in [-0.25, -0.2) is 5.01 Å². The summed E-state index contributed by atoms with van der Waals surface area (Å²) in [6.45, 7) is 2.64. The molecule has 32 heavy (non-hydrogen) atoms. The number of nitrogens with one attached hydrogen (secondary N) is 1. The van der Waals surface area contributed by atoms with E-state index in [0.717, 1.165) is 25.7 Å². The van der Waals surface area contributed by atoms with Gasteiger partial charge in [-0.3, -0.25) is 19.2 Å². The molecule has 0 bridgehead atoms. The Labute approximate surface area is 191 Å². The van der Waals surface area contributed by atoms with Crippen LogP contribution in [0.25, 0.3) is 0 Å². The zero-order valence-electron chi connectivity index (χ0n) is 18.3. The molecule has 0 aromatic carbocycles. The summed E-state index contributed by atoms with van der Waals surface area (Å²) in [5.41, 5.74) is 0.466. The molecule has 2 fully saturated rings. The van der Waals surface area contributed by atoms with E-state index in [0.29, 0.717) is 49.6 Å². The molecule has 0 radical (unpaired) electrons. The molecule has 0 atom stereocenters. The smallest absolute Gasteiger partial charge is 0.270 e. The second-order valence-electron chi connectivity index (χ2n) is 8.84. The van der Waals surface area contributed by atoms with Crippen LogP contribution in [0.15, 0.2) is 22.6 Å². The minimum atomic E-state index is -0.218. The molecule has 1 aromatic heterocycles. The Hall–Kier alpha value is -2.75. The van der Waals surface area contributed by atoms with Gasteiger partial charge in [-0.05, 0) is 42.5 Å². The van der Waals surface area contributed by atoms with E-state index in [1.807, 2.05) is 21.2 Å². The lowest BCUT2D eigenvalue weighted by atomic mass is 9.72. The first-order valence-corrected chi connectivity index (χ1v) is 12.0. The van der Waals surface area contributed by atoms with E-state index in [-0.39, 0.29) is 35.6 Å². The van der Waals surface area contributed by atoms with E-state index >= 15 is 0 Å². The van der Waals surface area contributed by atoms with Crippen molar-refractivity contribution in [3.63, 3.8) is 0 Å². The van der Waals surface area contributed by atoms with Gasteiger partial charge in [-0.2, -0.15) is 5.10 Å². The number of thiophene rings is 1. The Kier molecular flexibility index (Phi) is 6.59. The van der Waals surface area contributed by atoms with Gasteiger partial charge < -0.3 is 15.1 Å². The number of likely N-dealkylation sites (tertiary alicyclic amines) is 2. The molecule has 9 nitrogen and oxygen atoms in total. The van der Waals surface area contributed by atoms with E-state index < -0.39 is 0 Å². The highest BCUT2D eigenvalue weighted by atomic mass is 32.1. The van der Waals surface area contributed by atoms with Crippen LogP contribution in [-0.4, -0.2) is 83.9 Å². The SMILES string of the molecule is CN1N=C(C(=O)N2CCC3(CCCN(C(=O)CNC(=O)c4cccs4)C3)CC2)CCC1=O. The first kappa shape index (κ1) is 22.4. The number of amides is 4. The summed E-state index contributed by atoms with van der Waals surface area (Å²) in [6.07, 6.45) is 4.36. The third-order valence-corrected chi connectivity index (χ3v) is 7.59. The van der Waals surface area contributed by atoms with Gasteiger partial charge in [0.15, 0.2) is 0 Å². The number of hydrogen-bond donors (Lipinski definition) is 1. The fourth-order valence-corrected chi connectivity index (χ4v) is 5.42. The minimum Gasteiger partial charge on any atom is -0.342 e. The first-order chi connectivity index (χ1) is 15.4. The molecule has 4 rings (SSSR count). The van der Waals surface area contributed by atoms with Crippen LogP contribution < -0.4 is 5.32 Å². The predicted octanol–water partition coefficient (Wildman–Crippen LogP) is 1.32. The summed E-state index contributed by atoms with van der Waals surface area (Å²) < 4.78 is 0. The van der Waals surface area contributed by atoms with Gasteiger partial charge in [0.25, 0.3) is 11.8 Å². The Bertz CT molecular complexity index is 921. The number of hydrogen-bond acceptors (Lipinski definition) is 6. The van der Waals surface area contributed by atoms with Crippen molar-refractivity contribution >= 4 is 40.7 Å². The molecule has 0 aliphatic carbocycles. The summed E-state index contributed by atoms with van der Waals surface area (Å²) in [4.78, 5) is 53.6. The summed E-state index contributed by atoms with van der Waals surface area (Å²) in [6, 6.07) is 3.55. The Morgan fingerprint density at radius 1 is 1.12 bits per heavy atom. The Morgan fingerprint density at radius 2 is 1.91 bits per heavy atom. The molecule has 172 valence electrons. The van der Waals surface area contributed by atoms with E-state index in [9.17, 15) is 19.2 Å². The highest BCUT2D eigenvalue weighted by Gasteiger charge is 2.41. The van der Waals surface area contributed by atoms with Gasteiger partial charge in [0, 0.05) is 46.1 Å². The van der Waals surface area contributed by atoms with Gasteiger partial charge in [-0.1, -0.05) is 6.07 Å². The van der Waals surface area contributed by atoms with Crippen LogP contribution in [0.4, 0.5) is 0 Å². The average molecular weight is 460 g/mol. The van der Waals surface area contributed by atoms with Crippen molar-refractivity contribution in [2.24, 2.45) is 10.5 Å². The molecular weight excluding hydrogens is 430 g/mol. The molecule has 0 saturated carbocycles. The highest BCUT2D eigenvalue weighted by molar-refractivity contribution is 7.12. The third-order valence-electron chi connectivity index (χ3n) is 6.72. The minimum absolute atomic E-state index is 0.00346. The molecule has 4 amide bonds. The molecule has 4 heterocycles. The number of carbonyl (C=O) groups excluding carboxylic acids is 4. The maximum absolute atomic E-state index is 12.8. The van der Waals surface area contributed by atoms with Crippen molar-refractivity contribution in [3.05, 3.63) is 22.4 Å². The number of nitrogens with zero attached hydrogens (tertiary/aromatic N) is 4. The van der Waals surface area contributed by atoms with Gasteiger partial charge in [0.1, 0.15) is 5.71 Å². The number of rotatable bonds is 4. The van der Waals surface area contributed by atoms with Gasteiger partial charge in [0.2, 0.25) is 11.8 Å². The first-order valence-electron chi connectivity index (χ1n) is 11.1. The molecular formula is C22H29N5O4S. The van der Waals surface area contributed by atoms with Crippen molar-refractivity contribution in [2.75, 3.05) is 39.8 Å². The van der Waals surface area contributed by atoms with Gasteiger partial charge in [0.05, 0.1) is 11.4 Å². The maximum atomic E-state index is 12.8. The predicted molar refractivity (Wildman–Crippen MR) is 120 cm³/mol. The van der Waals surface area contributed by atoms with Crippen molar-refractivity contribution in [3.8, 4) is 0 Å². The average Bonchev–Trinajstić information content (AvgIpc) is 3.34. The lowest BCUT2D eigenvalue weighted by Gasteiger charge is -2.47. The monoisotopic (exact) mass is 459 g/mol. The van der Waals surface area contributed by atoms with Gasteiger partial charge in [-0.15, -0.1) is 11.3 Å². The number of piperidine rings is 2. The van der Waals surface area contributed by atoms with Gasteiger partial charge >= 0.3 is 0 Å². The molecule has 3 aliphatic heterocycles. The van der Waals surface area contributed by atoms with E-state index in [1.165, 1.54) is 16.3 Å². The van der Waals surface area contributed by atoms with Crippen molar-refractivity contribution in [1.82, 2.24) is 20.1 Å². The van der Waals surface area contributed by atoms with Crippen LogP contribution in [0.2, 0.25) is 0 Å². The molecule has 1 aromatic rings. The second-order valence-corrected chi connectivity index (χ2v) is 9.78. The van der Waals surface area contributed by atoms with Crippen molar-refractivity contribution in [2.45, 2.75) is 38.5 Å². The van der Waals surface area contributed by atoms with Crippen molar-refractivity contribution < 1.29 is 19.2 Å². The lowest BCUT2D eigenvalue weighted by Crippen LogP contribution is -2.54. The van der Waals surface area contributed by atoms with E-state index in [4.69, 9.17) is 0 Å². The van der Waals surface area contributed by atoms with E-state index in [1.54, 1.807) is 13.1 Å². The Balaban J connectivity index is 1.29. The summed E-state index contributed by atoms with van der Waals surface area (Å²) in [5.74, 6) is -0.432. The maximum Gasteiger partial charge on any atom is 0.270 e. The summed E-state index contributed by atoms with van der Waals surface area (Å²) >= 11 is 1.35. The molecule has 10 heteroatoms. The fraction of sp³-hybridized carbons (Fsp3) is 0.591. The number of carbonyl (C=O) groups is 4. The highest BCUT2D eigenvalue weighted by Crippen LogP contribution is 2.40. The third kappa shape index (κ3) is 4.85. The standard InChI is InChI=1S/C22H29N5O4S/c1-25-18(28)6-5-16(24-25)21(31)26-11-8-22(9-12-26)7-3-10-27(15-22)19(29)14-23-20(30)17-4-2-13-32-17/h2,4,13H,3,5-12,14-15H2,1H3,(H,23,30). The van der Waals surface area contributed by atoms with Crippen LogP contribution in [-0.2, 0) is 14.4 Å². The number of hydrazone groups is 1. The van der Waals surface area contributed by atoms with Crippen molar-refractivity contribution in [1.29, 1.82) is 0 Å². The molecule has 1 spiro atoms. The van der Waals surface area contributed by atoms with Crippen LogP contribution in [0, 0.1) is 5.41 Å². The zero-order valence-corrected chi connectivity index (χ0v) is 19.2. The molecule has 0 unspecified atom stereocenters. The van der Waals surface area contributed by atoms with Crippen LogP contribution >= 0.6 is 11.3 Å². The topological polar surface area (TPSA) is 102 Å². The quantitative estimate of drug-likeness (QED) is 0.734. The van der Waals surface area contributed by atoms with Crippen LogP contribution in [0.1, 0.15) is 48.2 Å². The summed E-state index contributed by atoms with van der Waals surface area (Å²) in [5, 5.41) is 9.97. The molecule has 3 aliphatic rings. The lowest BCUT2D eigenvalue weighted by molar-refractivity contribution is -0.137. The second kappa shape index (κ2) is 9.40. The fourth-order valence-electron chi connectivity index (χ4n) is 4.78. The molecule has 2 saturated heterocycles. The Morgan fingerprint density at radius 3 is 2.59 bits per heavy atom. The zero-order chi connectivity index (χ0) is 22.7. The van der Waals surface area contributed by atoms with Crippen LogP contribution in [0.3, 0.4) is 0 Å².